The molecule has 0 atom stereocenters. The molecule has 0 unspecified atom stereocenters. The van der Waals surface area contributed by atoms with Crippen molar-refractivity contribution in [3.8, 4) is 5.75 Å². The van der Waals surface area contributed by atoms with Gasteiger partial charge in [-0.05, 0) is 78.6 Å². The molecule has 1 aromatic heterocycles. The predicted octanol–water partition coefficient (Wildman–Crippen LogP) is 3.80. The average molecular weight is 406 g/mol. The highest BCUT2D eigenvalue weighted by Crippen LogP contribution is 2.16. The number of hydrogen-bond acceptors (Lipinski definition) is 4. The molecule has 1 amide bonds. The van der Waals surface area contributed by atoms with E-state index in [0.717, 1.165) is 23.2 Å². The van der Waals surface area contributed by atoms with Crippen LogP contribution in [0.25, 0.3) is 0 Å². The molecule has 25 heavy (non-hydrogen) atoms. The molecule has 2 rings (SSSR count). The zero-order valence-electron chi connectivity index (χ0n) is 14.9. The third-order valence-corrected chi connectivity index (χ3v) is 4.31. The minimum atomic E-state index is -0.0765. The zero-order valence-corrected chi connectivity index (χ0v) is 16.5. The van der Waals surface area contributed by atoms with E-state index in [2.05, 4.69) is 52.2 Å². The Kier molecular flexibility index (Phi) is 7.40. The molecule has 0 radical (unpaired) electrons. The summed E-state index contributed by atoms with van der Waals surface area (Å²) in [6.45, 7) is 5.90. The number of carbonyl (C=O) groups excluding carboxylic acids is 1. The average Bonchev–Trinajstić information content (AvgIpc) is 2.57. The van der Waals surface area contributed by atoms with Crippen LogP contribution in [0.3, 0.4) is 0 Å². The van der Waals surface area contributed by atoms with Crippen molar-refractivity contribution in [2.75, 3.05) is 32.1 Å². The number of nitrogens with one attached hydrogen (secondary N) is 1. The van der Waals surface area contributed by atoms with E-state index >= 15 is 0 Å². The van der Waals surface area contributed by atoms with Crippen molar-refractivity contribution in [2.45, 2.75) is 20.3 Å². The summed E-state index contributed by atoms with van der Waals surface area (Å²) in [5, 5.41) is 2.78. The molecule has 0 fully saturated rings. The van der Waals surface area contributed by atoms with Crippen molar-refractivity contribution in [3.63, 3.8) is 0 Å². The van der Waals surface area contributed by atoms with Crippen molar-refractivity contribution in [1.29, 1.82) is 0 Å². The number of aryl methyl sites for hydroxylation is 2. The fourth-order valence-corrected chi connectivity index (χ4v) is 2.52. The highest BCUT2D eigenvalue weighted by molar-refractivity contribution is 9.10. The molecule has 0 saturated carbocycles. The number of anilines is 1. The Labute approximate surface area is 157 Å². The first kappa shape index (κ1) is 19.4. The van der Waals surface area contributed by atoms with Crippen LogP contribution in [0, 0.1) is 13.8 Å². The summed E-state index contributed by atoms with van der Waals surface area (Å²) in [6.07, 6.45) is 2.51. The highest BCUT2D eigenvalue weighted by atomic mass is 79.9. The number of rotatable bonds is 8. The van der Waals surface area contributed by atoms with Gasteiger partial charge in [0.05, 0.1) is 13.2 Å². The van der Waals surface area contributed by atoms with Crippen LogP contribution in [0.4, 0.5) is 5.82 Å². The SMILES string of the molecule is Cc1ccc(OCCCN(C)CC(=O)Nc2ccc(Br)cn2)cc1C. The third-order valence-electron chi connectivity index (χ3n) is 3.84. The number of carbonyl (C=O) groups is 1. The summed E-state index contributed by atoms with van der Waals surface area (Å²) in [5.41, 5.74) is 2.49. The maximum Gasteiger partial charge on any atom is 0.239 e. The second-order valence-corrected chi connectivity index (χ2v) is 7.01. The van der Waals surface area contributed by atoms with Crippen LogP contribution in [-0.2, 0) is 4.79 Å². The Balaban J connectivity index is 1.66. The lowest BCUT2D eigenvalue weighted by molar-refractivity contribution is -0.117. The van der Waals surface area contributed by atoms with E-state index in [4.69, 9.17) is 4.74 Å². The summed E-state index contributed by atoms with van der Waals surface area (Å²) in [6, 6.07) is 9.72. The molecule has 134 valence electrons. The zero-order chi connectivity index (χ0) is 18.2. The van der Waals surface area contributed by atoms with Crippen molar-refractivity contribution < 1.29 is 9.53 Å². The largest absolute Gasteiger partial charge is 0.494 e. The van der Waals surface area contributed by atoms with Crippen LogP contribution in [0.1, 0.15) is 17.5 Å². The van der Waals surface area contributed by atoms with E-state index in [9.17, 15) is 4.79 Å². The van der Waals surface area contributed by atoms with Crippen molar-refractivity contribution in [3.05, 3.63) is 52.1 Å². The molecule has 0 aliphatic heterocycles. The molecule has 6 heteroatoms. The number of pyridine rings is 1. The van der Waals surface area contributed by atoms with Gasteiger partial charge in [-0.15, -0.1) is 0 Å². The van der Waals surface area contributed by atoms with Gasteiger partial charge < -0.3 is 10.1 Å². The molecular formula is C19H24BrN3O2. The first-order chi connectivity index (χ1) is 11.9. The van der Waals surface area contributed by atoms with Gasteiger partial charge in [0.1, 0.15) is 11.6 Å². The Bertz CT molecular complexity index is 704. The second kappa shape index (κ2) is 9.53. The summed E-state index contributed by atoms with van der Waals surface area (Å²) >= 11 is 3.32. The van der Waals surface area contributed by atoms with Crippen molar-refractivity contribution >= 4 is 27.7 Å². The topological polar surface area (TPSA) is 54.5 Å². The second-order valence-electron chi connectivity index (χ2n) is 6.10. The minimum absolute atomic E-state index is 0.0765. The Morgan fingerprint density at radius 3 is 2.72 bits per heavy atom. The van der Waals surface area contributed by atoms with Gasteiger partial charge in [0.2, 0.25) is 5.91 Å². The molecule has 1 heterocycles. The number of amides is 1. The number of benzene rings is 1. The molecule has 0 bridgehead atoms. The van der Waals surface area contributed by atoms with E-state index < -0.39 is 0 Å². The molecule has 0 saturated heterocycles. The molecule has 0 spiro atoms. The number of nitrogens with zero attached hydrogens (tertiary/aromatic N) is 2. The lowest BCUT2D eigenvalue weighted by atomic mass is 10.1. The fourth-order valence-electron chi connectivity index (χ4n) is 2.28. The lowest BCUT2D eigenvalue weighted by Crippen LogP contribution is -2.31. The quantitative estimate of drug-likeness (QED) is 0.678. The van der Waals surface area contributed by atoms with Gasteiger partial charge in [0, 0.05) is 17.2 Å². The fraction of sp³-hybridized carbons (Fsp3) is 0.368. The van der Waals surface area contributed by atoms with Gasteiger partial charge in [-0.3, -0.25) is 9.69 Å². The van der Waals surface area contributed by atoms with Crippen molar-refractivity contribution in [2.24, 2.45) is 0 Å². The summed E-state index contributed by atoms with van der Waals surface area (Å²) in [7, 11) is 1.92. The summed E-state index contributed by atoms with van der Waals surface area (Å²) in [5.74, 6) is 1.37. The van der Waals surface area contributed by atoms with E-state index in [1.807, 2.05) is 24.1 Å². The van der Waals surface area contributed by atoms with E-state index in [1.165, 1.54) is 11.1 Å². The van der Waals surface area contributed by atoms with Gasteiger partial charge >= 0.3 is 0 Å². The Hall–Kier alpha value is -1.92. The van der Waals surface area contributed by atoms with Gasteiger partial charge in [-0.1, -0.05) is 6.07 Å². The van der Waals surface area contributed by atoms with Gasteiger partial charge in [0.15, 0.2) is 0 Å². The number of halogens is 1. The van der Waals surface area contributed by atoms with Crippen LogP contribution >= 0.6 is 15.9 Å². The third kappa shape index (κ3) is 6.84. The van der Waals surface area contributed by atoms with Crippen LogP contribution in [0.2, 0.25) is 0 Å². The predicted molar refractivity (Wildman–Crippen MR) is 104 cm³/mol. The van der Waals surface area contributed by atoms with Crippen molar-refractivity contribution in [1.82, 2.24) is 9.88 Å². The molecule has 0 aliphatic carbocycles. The summed E-state index contributed by atoms with van der Waals surface area (Å²) < 4.78 is 6.64. The maximum atomic E-state index is 12.0. The number of likely N-dealkylation sites (N-methyl/N-ethyl adjacent to an activating group) is 1. The molecule has 2 aromatic rings. The Morgan fingerprint density at radius 2 is 2.04 bits per heavy atom. The van der Waals surface area contributed by atoms with Crippen LogP contribution in [0.5, 0.6) is 5.75 Å². The highest BCUT2D eigenvalue weighted by Gasteiger charge is 2.07. The van der Waals surface area contributed by atoms with Crippen LogP contribution in [-0.4, -0.2) is 42.5 Å². The van der Waals surface area contributed by atoms with Gasteiger partial charge in [0.25, 0.3) is 0 Å². The monoisotopic (exact) mass is 405 g/mol. The van der Waals surface area contributed by atoms with Gasteiger partial charge in [-0.2, -0.15) is 0 Å². The normalized spacial score (nSPS) is 10.8. The molecule has 0 aliphatic rings. The van der Waals surface area contributed by atoms with Crippen LogP contribution < -0.4 is 10.1 Å². The van der Waals surface area contributed by atoms with E-state index in [1.54, 1.807) is 12.3 Å². The first-order valence-corrected chi connectivity index (χ1v) is 9.03. The molecular weight excluding hydrogens is 382 g/mol. The van der Waals surface area contributed by atoms with E-state index in [-0.39, 0.29) is 5.91 Å². The number of ether oxygens (including phenoxy) is 1. The molecule has 1 aromatic carbocycles. The Morgan fingerprint density at radius 1 is 1.24 bits per heavy atom. The maximum absolute atomic E-state index is 12.0. The van der Waals surface area contributed by atoms with Crippen LogP contribution in [0.15, 0.2) is 41.0 Å². The lowest BCUT2D eigenvalue weighted by Gasteiger charge is -2.16. The number of hydrogen-bond donors (Lipinski definition) is 1. The summed E-state index contributed by atoms with van der Waals surface area (Å²) in [4.78, 5) is 18.1. The van der Waals surface area contributed by atoms with E-state index in [0.29, 0.717) is 19.0 Å². The molecule has 5 nitrogen and oxygen atoms in total. The molecule has 1 N–H and O–H groups in total. The first-order valence-electron chi connectivity index (χ1n) is 8.24. The number of aromatic nitrogens is 1. The minimum Gasteiger partial charge on any atom is -0.494 e. The standard InChI is InChI=1S/C19H24BrN3O2/c1-14-5-7-17(11-15(14)2)25-10-4-9-23(3)13-19(24)22-18-8-6-16(20)12-21-18/h5-8,11-12H,4,9-10,13H2,1-3H3,(H,21,22,24). The van der Waals surface area contributed by atoms with Gasteiger partial charge in [-0.25, -0.2) is 4.98 Å². The smallest absolute Gasteiger partial charge is 0.239 e.